The topological polar surface area (TPSA) is 84.2 Å². The molecule has 0 unspecified atom stereocenters. The summed E-state index contributed by atoms with van der Waals surface area (Å²) < 4.78 is 34.8. The first-order valence-electron chi connectivity index (χ1n) is 6.86. The number of benzene rings is 1. The van der Waals surface area contributed by atoms with E-state index in [0.29, 0.717) is 10.9 Å². The van der Waals surface area contributed by atoms with E-state index in [1.807, 2.05) is 6.07 Å². The van der Waals surface area contributed by atoms with E-state index < -0.39 is 12.5 Å². The molecule has 1 aromatic carbocycles. The normalized spacial score (nSPS) is 10.4. The van der Waals surface area contributed by atoms with Crippen molar-refractivity contribution < 1.29 is 23.0 Å². The van der Waals surface area contributed by atoms with E-state index in [1.54, 1.807) is 6.92 Å². The van der Waals surface area contributed by atoms with Crippen molar-refractivity contribution in [2.45, 2.75) is 17.7 Å². The number of amides is 1. The predicted octanol–water partition coefficient (Wildman–Crippen LogP) is 3.93. The summed E-state index contributed by atoms with van der Waals surface area (Å²) in [6.45, 7) is -1.21. The summed E-state index contributed by atoms with van der Waals surface area (Å²) in [6, 6.07) is 5.92. The third-order valence-corrected chi connectivity index (χ3v) is 5.19. The molecule has 0 saturated heterocycles. The van der Waals surface area contributed by atoms with Crippen LogP contribution in [0.3, 0.4) is 0 Å². The minimum absolute atomic E-state index is 0.0218. The Hall–Kier alpha value is -2.38. The summed E-state index contributed by atoms with van der Waals surface area (Å²) in [5, 5.41) is 11.6. The number of aromatic nitrogens is 1. The molecule has 1 amide bonds. The first-order chi connectivity index (χ1) is 11.9. The molecule has 132 valence electrons. The second kappa shape index (κ2) is 8.64. The summed E-state index contributed by atoms with van der Waals surface area (Å²) in [5.74, 6) is -0.311. The predicted molar refractivity (Wildman–Crippen MR) is 90.8 cm³/mol. The van der Waals surface area contributed by atoms with Crippen LogP contribution in [0.1, 0.15) is 16.1 Å². The molecule has 0 aliphatic rings. The fourth-order valence-corrected chi connectivity index (χ4v) is 3.63. The summed E-state index contributed by atoms with van der Waals surface area (Å²) in [5.41, 5.74) is 0.927. The number of nitriles is 1. The number of carbonyl (C=O) groups is 1. The molecule has 0 radical (unpaired) electrons. The van der Waals surface area contributed by atoms with Crippen molar-refractivity contribution >= 4 is 34.1 Å². The first kappa shape index (κ1) is 19.0. The second-order valence-corrected chi connectivity index (χ2v) is 6.78. The number of nitrogens with one attached hydrogen (secondary N) is 1. The fraction of sp³-hybridized carbons (Fsp3) is 0.267. The van der Waals surface area contributed by atoms with Crippen molar-refractivity contribution in [2.24, 2.45) is 0 Å². The van der Waals surface area contributed by atoms with Gasteiger partial charge in [0.25, 0.3) is 5.91 Å². The molecule has 0 fully saturated rings. The summed E-state index contributed by atoms with van der Waals surface area (Å²) >= 11 is 2.60. The van der Waals surface area contributed by atoms with Crippen LogP contribution in [0, 0.1) is 18.3 Å². The lowest BCUT2D eigenvalue weighted by Gasteiger charge is -2.11. The number of thiazole rings is 1. The second-order valence-electron chi connectivity index (χ2n) is 4.54. The van der Waals surface area contributed by atoms with E-state index in [2.05, 4.69) is 15.0 Å². The Morgan fingerprint density at radius 3 is 2.88 bits per heavy atom. The molecule has 2 aromatic rings. The number of thioether (sulfide) groups is 1. The lowest BCUT2D eigenvalue weighted by molar-refractivity contribution is -0.0512. The van der Waals surface area contributed by atoms with Gasteiger partial charge in [-0.2, -0.15) is 14.0 Å². The van der Waals surface area contributed by atoms with Crippen molar-refractivity contribution in [3.63, 3.8) is 0 Å². The number of methoxy groups -OCH3 is 1. The van der Waals surface area contributed by atoms with Gasteiger partial charge in [-0.05, 0) is 25.1 Å². The summed E-state index contributed by atoms with van der Waals surface area (Å²) in [7, 11) is 1.29. The number of ether oxygens (including phenoxy) is 2. The van der Waals surface area contributed by atoms with Gasteiger partial charge in [-0.1, -0.05) is 23.1 Å². The first-order valence-corrected chi connectivity index (χ1v) is 8.66. The Morgan fingerprint density at radius 2 is 2.24 bits per heavy atom. The van der Waals surface area contributed by atoms with Gasteiger partial charge in [-0.15, -0.1) is 0 Å². The maximum atomic E-state index is 12.3. The van der Waals surface area contributed by atoms with Gasteiger partial charge in [0.2, 0.25) is 0 Å². The highest BCUT2D eigenvalue weighted by Crippen LogP contribution is 2.33. The minimum Gasteiger partial charge on any atom is -0.493 e. The molecule has 0 atom stereocenters. The highest BCUT2D eigenvalue weighted by molar-refractivity contribution is 8.01. The third kappa shape index (κ3) is 5.04. The van der Waals surface area contributed by atoms with Gasteiger partial charge in [0.05, 0.1) is 28.8 Å². The molecule has 10 heteroatoms. The average Bonchev–Trinajstić information content (AvgIpc) is 2.92. The van der Waals surface area contributed by atoms with E-state index in [1.165, 1.54) is 48.4 Å². The number of nitrogens with zero attached hydrogens (tertiary/aromatic N) is 2. The monoisotopic (exact) mass is 385 g/mol. The molecule has 1 aromatic heterocycles. The number of halogens is 2. The Kier molecular flexibility index (Phi) is 6.55. The van der Waals surface area contributed by atoms with Crippen molar-refractivity contribution in [3.8, 4) is 17.6 Å². The van der Waals surface area contributed by atoms with E-state index in [0.717, 1.165) is 9.90 Å². The van der Waals surface area contributed by atoms with Crippen molar-refractivity contribution in [1.29, 1.82) is 5.26 Å². The lowest BCUT2D eigenvalue weighted by atomic mass is 10.2. The van der Waals surface area contributed by atoms with Crippen LogP contribution in [0.4, 0.5) is 13.9 Å². The molecule has 25 heavy (non-hydrogen) atoms. The Bertz CT molecular complexity index is 806. The molecule has 2 rings (SSSR count). The van der Waals surface area contributed by atoms with E-state index in [4.69, 9.17) is 10.00 Å². The van der Waals surface area contributed by atoms with Gasteiger partial charge in [-0.25, -0.2) is 4.98 Å². The van der Waals surface area contributed by atoms with Crippen LogP contribution in [0.5, 0.6) is 11.5 Å². The molecular formula is C15H13F2N3O3S2. The lowest BCUT2D eigenvalue weighted by Crippen LogP contribution is -2.12. The van der Waals surface area contributed by atoms with Gasteiger partial charge >= 0.3 is 6.61 Å². The zero-order valence-electron chi connectivity index (χ0n) is 13.2. The van der Waals surface area contributed by atoms with Crippen LogP contribution in [0.2, 0.25) is 0 Å². The minimum atomic E-state index is -2.99. The molecule has 6 nitrogen and oxygen atoms in total. The van der Waals surface area contributed by atoms with E-state index in [-0.39, 0.29) is 17.1 Å². The van der Waals surface area contributed by atoms with Crippen LogP contribution in [0.25, 0.3) is 0 Å². The van der Waals surface area contributed by atoms with Crippen LogP contribution < -0.4 is 14.8 Å². The number of carbonyl (C=O) groups excluding carboxylic acids is 1. The highest BCUT2D eigenvalue weighted by Gasteiger charge is 2.16. The Morgan fingerprint density at radius 1 is 1.48 bits per heavy atom. The van der Waals surface area contributed by atoms with Gasteiger partial charge < -0.3 is 9.47 Å². The molecule has 0 spiro atoms. The molecule has 1 heterocycles. The number of hydrogen-bond donors (Lipinski definition) is 1. The average molecular weight is 385 g/mol. The standard InChI is InChI=1S/C15H13F2N3O3S2/c1-8-13(24-6-5-18)25-15(19-8)20-12(21)9-3-4-10(23-14(16)17)11(7-9)22-2/h3-4,7,14H,6H2,1-2H3,(H,19,20,21). The molecule has 1 N–H and O–H groups in total. The quantitative estimate of drug-likeness (QED) is 0.727. The molecule has 0 saturated carbocycles. The van der Waals surface area contributed by atoms with Crippen LogP contribution in [-0.2, 0) is 0 Å². The smallest absolute Gasteiger partial charge is 0.387 e. The zero-order valence-corrected chi connectivity index (χ0v) is 14.8. The fourth-order valence-electron chi connectivity index (χ4n) is 1.84. The zero-order chi connectivity index (χ0) is 18.4. The summed E-state index contributed by atoms with van der Waals surface area (Å²) in [4.78, 5) is 16.5. The number of anilines is 1. The summed E-state index contributed by atoms with van der Waals surface area (Å²) in [6.07, 6.45) is 0. The van der Waals surface area contributed by atoms with Gasteiger partial charge in [0.15, 0.2) is 16.6 Å². The van der Waals surface area contributed by atoms with Crippen LogP contribution in [-0.4, -0.2) is 30.4 Å². The molecule has 0 aliphatic carbocycles. The molecular weight excluding hydrogens is 372 g/mol. The Labute approximate surface area is 150 Å². The SMILES string of the molecule is COc1cc(C(=O)Nc2nc(C)c(SCC#N)s2)ccc1OC(F)F. The van der Waals surface area contributed by atoms with Gasteiger partial charge in [-0.3, -0.25) is 10.1 Å². The molecule has 0 aliphatic heterocycles. The van der Waals surface area contributed by atoms with E-state index >= 15 is 0 Å². The van der Waals surface area contributed by atoms with Crippen LogP contribution >= 0.6 is 23.1 Å². The van der Waals surface area contributed by atoms with Crippen molar-refractivity contribution in [1.82, 2.24) is 4.98 Å². The number of aryl methyl sites for hydroxylation is 1. The number of rotatable bonds is 7. The maximum absolute atomic E-state index is 12.3. The van der Waals surface area contributed by atoms with Crippen molar-refractivity contribution in [3.05, 3.63) is 29.5 Å². The number of hydrogen-bond acceptors (Lipinski definition) is 7. The Balaban J connectivity index is 2.14. The largest absolute Gasteiger partial charge is 0.493 e. The van der Waals surface area contributed by atoms with Gasteiger partial charge in [0, 0.05) is 5.56 Å². The van der Waals surface area contributed by atoms with Crippen LogP contribution in [0.15, 0.2) is 22.4 Å². The van der Waals surface area contributed by atoms with Crippen molar-refractivity contribution in [2.75, 3.05) is 18.2 Å². The maximum Gasteiger partial charge on any atom is 0.387 e. The molecule has 0 bridgehead atoms. The highest BCUT2D eigenvalue weighted by atomic mass is 32.2. The van der Waals surface area contributed by atoms with E-state index in [9.17, 15) is 13.6 Å². The number of alkyl halides is 2. The van der Waals surface area contributed by atoms with Gasteiger partial charge in [0.1, 0.15) is 0 Å². The third-order valence-electron chi connectivity index (χ3n) is 2.88.